The van der Waals surface area contributed by atoms with E-state index >= 15 is 0 Å². The van der Waals surface area contributed by atoms with Gasteiger partial charge in [-0.3, -0.25) is 9.59 Å². The average molecular weight is 228 g/mol. The Balaban J connectivity index is 2.26. The van der Waals surface area contributed by atoms with Gasteiger partial charge in [0.2, 0.25) is 5.91 Å². The van der Waals surface area contributed by atoms with Crippen LogP contribution in [0.15, 0.2) is 0 Å². The predicted octanol–water partition coefficient (Wildman–Crippen LogP) is 0.357. The van der Waals surface area contributed by atoms with Crippen molar-refractivity contribution in [3.63, 3.8) is 0 Å². The molecule has 0 spiro atoms. The van der Waals surface area contributed by atoms with Crippen LogP contribution in [0.1, 0.15) is 32.6 Å². The fraction of sp³-hybridized carbons (Fsp3) is 0.818. The zero-order valence-corrected chi connectivity index (χ0v) is 9.71. The van der Waals surface area contributed by atoms with Crippen LogP contribution in [0.2, 0.25) is 0 Å². The number of rotatable bonds is 7. The minimum Gasteiger partial charge on any atom is -0.480 e. The molecule has 0 radical (unpaired) electrons. The van der Waals surface area contributed by atoms with Crippen molar-refractivity contribution in [2.24, 2.45) is 5.41 Å². The zero-order valence-electron chi connectivity index (χ0n) is 9.71. The Labute approximate surface area is 95.6 Å². The molecule has 0 unspecified atom stereocenters. The molecule has 0 aromatic heterocycles. The summed E-state index contributed by atoms with van der Waals surface area (Å²) >= 11 is 0. The van der Waals surface area contributed by atoms with Crippen LogP contribution >= 0.6 is 0 Å². The Morgan fingerprint density at radius 2 is 2.00 bits per heavy atom. The average Bonchev–Trinajstić information content (AvgIpc) is 2.15. The number of carbonyl (C=O) groups is 2. The van der Waals surface area contributed by atoms with Gasteiger partial charge < -0.3 is 15.7 Å². The van der Waals surface area contributed by atoms with E-state index in [4.69, 9.17) is 5.11 Å². The summed E-state index contributed by atoms with van der Waals surface area (Å²) in [6, 6.07) is 0. The second kappa shape index (κ2) is 5.84. The number of hydrogen-bond donors (Lipinski definition) is 3. The molecule has 0 heterocycles. The lowest BCUT2D eigenvalue weighted by atomic mass is 9.68. The number of aliphatic carboxylic acids is 1. The molecule has 0 aromatic carbocycles. The summed E-state index contributed by atoms with van der Waals surface area (Å²) in [5.74, 6) is -1.30. The monoisotopic (exact) mass is 228 g/mol. The van der Waals surface area contributed by atoms with Gasteiger partial charge in [-0.1, -0.05) is 13.3 Å². The first kappa shape index (κ1) is 13.0. The van der Waals surface area contributed by atoms with E-state index in [0.717, 1.165) is 25.9 Å². The molecule has 0 aromatic rings. The Kier molecular flexibility index (Phi) is 4.73. The van der Waals surface area contributed by atoms with Gasteiger partial charge in [-0.25, -0.2) is 0 Å². The molecule has 1 aliphatic carbocycles. The quantitative estimate of drug-likeness (QED) is 0.434. The summed E-state index contributed by atoms with van der Waals surface area (Å²) in [4.78, 5) is 22.7. The maximum absolute atomic E-state index is 11.7. The van der Waals surface area contributed by atoms with E-state index < -0.39 is 11.4 Å². The lowest BCUT2D eigenvalue weighted by Crippen LogP contribution is -2.51. The lowest BCUT2D eigenvalue weighted by Gasteiger charge is -2.35. The molecule has 3 N–H and O–H groups in total. The van der Waals surface area contributed by atoms with Crippen molar-refractivity contribution in [1.29, 1.82) is 0 Å². The summed E-state index contributed by atoms with van der Waals surface area (Å²) in [5.41, 5.74) is -1.13. The molecule has 0 saturated heterocycles. The van der Waals surface area contributed by atoms with Gasteiger partial charge in [0.05, 0.1) is 0 Å². The third kappa shape index (κ3) is 2.72. The van der Waals surface area contributed by atoms with Gasteiger partial charge in [-0.05, 0) is 32.4 Å². The topological polar surface area (TPSA) is 78.4 Å². The Morgan fingerprint density at radius 1 is 1.31 bits per heavy atom. The molecular formula is C11H20N2O3. The summed E-state index contributed by atoms with van der Waals surface area (Å²) in [7, 11) is 0. The smallest absolute Gasteiger partial charge is 0.319 e. The van der Waals surface area contributed by atoms with E-state index in [9.17, 15) is 9.59 Å². The highest BCUT2D eigenvalue weighted by molar-refractivity contribution is 6.02. The molecule has 1 aliphatic rings. The van der Waals surface area contributed by atoms with Gasteiger partial charge in [0.1, 0.15) is 5.41 Å². The van der Waals surface area contributed by atoms with Crippen molar-refractivity contribution in [3.8, 4) is 0 Å². The number of nitrogens with one attached hydrogen (secondary N) is 2. The van der Waals surface area contributed by atoms with Gasteiger partial charge in [-0.15, -0.1) is 0 Å². The lowest BCUT2D eigenvalue weighted by molar-refractivity contribution is -0.162. The van der Waals surface area contributed by atoms with Crippen LogP contribution in [0.3, 0.4) is 0 Å². The van der Waals surface area contributed by atoms with Crippen molar-refractivity contribution < 1.29 is 14.7 Å². The van der Waals surface area contributed by atoms with E-state index in [0.29, 0.717) is 19.4 Å². The number of hydrogen-bond acceptors (Lipinski definition) is 3. The molecule has 1 saturated carbocycles. The van der Waals surface area contributed by atoms with Crippen molar-refractivity contribution in [2.45, 2.75) is 32.6 Å². The number of carboxylic acid groups (broad SMARTS) is 1. The van der Waals surface area contributed by atoms with Crippen LogP contribution in [0.5, 0.6) is 0 Å². The second-order valence-corrected chi connectivity index (χ2v) is 4.20. The number of amides is 1. The van der Waals surface area contributed by atoms with E-state index in [1.165, 1.54) is 0 Å². The van der Waals surface area contributed by atoms with Crippen molar-refractivity contribution in [3.05, 3.63) is 0 Å². The highest BCUT2D eigenvalue weighted by Gasteiger charge is 2.50. The molecular weight excluding hydrogens is 208 g/mol. The molecule has 1 amide bonds. The molecule has 0 atom stereocenters. The third-order valence-electron chi connectivity index (χ3n) is 3.12. The zero-order chi connectivity index (χ0) is 12.0. The number of carboxylic acids is 1. The third-order valence-corrected chi connectivity index (χ3v) is 3.12. The van der Waals surface area contributed by atoms with E-state index in [2.05, 4.69) is 10.6 Å². The molecule has 1 rings (SSSR count). The molecule has 5 heteroatoms. The van der Waals surface area contributed by atoms with E-state index in [-0.39, 0.29) is 5.91 Å². The first-order valence-corrected chi connectivity index (χ1v) is 5.86. The Morgan fingerprint density at radius 3 is 2.44 bits per heavy atom. The SMILES string of the molecule is CCNCCCNC(=O)C1(C(=O)O)CCC1. The first-order chi connectivity index (χ1) is 7.63. The minimum atomic E-state index is -1.13. The van der Waals surface area contributed by atoms with Crippen LogP contribution in [0.4, 0.5) is 0 Å². The van der Waals surface area contributed by atoms with Crippen LogP contribution in [-0.4, -0.2) is 36.6 Å². The van der Waals surface area contributed by atoms with Gasteiger partial charge in [0, 0.05) is 6.54 Å². The summed E-state index contributed by atoms with van der Waals surface area (Å²) in [5, 5.41) is 14.9. The predicted molar refractivity (Wildman–Crippen MR) is 60.1 cm³/mol. The molecule has 1 fully saturated rings. The van der Waals surface area contributed by atoms with Crippen LogP contribution in [0.25, 0.3) is 0 Å². The maximum Gasteiger partial charge on any atom is 0.319 e. The van der Waals surface area contributed by atoms with Crippen molar-refractivity contribution in [1.82, 2.24) is 10.6 Å². The first-order valence-electron chi connectivity index (χ1n) is 5.86. The van der Waals surface area contributed by atoms with Gasteiger partial charge in [0.25, 0.3) is 0 Å². The largest absolute Gasteiger partial charge is 0.480 e. The van der Waals surface area contributed by atoms with Crippen molar-refractivity contribution >= 4 is 11.9 Å². The fourth-order valence-corrected chi connectivity index (χ4v) is 1.83. The molecule has 16 heavy (non-hydrogen) atoms. The second-order valence-electron chi connectivity index (χ2n) is 4.20. The minimum absolute atomic E-state index is 0.317. The van der Waals surface area contributed by atoms with Crippen LogP contribution in [0, 0.1) is 5.41 Å². The van der Waals surface area contributed by atoms with E-state index in [1.807, 2.05) is 6.92 Å². The highest BCUT2D eigenvalue weighted by atomic mass is 16.4. The maximum atomic E-state index is 11.7. The summed E-state index contributed by atoms with van der Waals surface area (Å²) in [6.45, 7) is 4.32. The summed E-state index contributed by atoms with van der Waals surface area (Å²) < 4.78 is 0. The van der Waals surface area contributed by atoms with E-state index in [1.54, 1.807) is 0 Å². The Hall–Kier alpha value is -1.10. The molecule has 92 valence electrons. The normalized spacial score (nSPS) is 17.6. The van der Waals surface area contributed by atoms with Gasteiger partial charge >= 0.3 is 5.97 Å². The van der Waals surface area contributed by atoms with Crippen LogP contribution in [-0.2, 0) is 9.59 Å². The van der Waals surface area contributed by atoms with Crippen molar-refractivity contribution in [2.75, 3.05) is 19.6 Å². The highest BCUT2D eigenvalue weighted by Crippen LogP contribution is 2.41. The molecule has 0 bridgehead atoms. The summed E-state index contributed by atoms with van der Waals surface area (Å²) in [6.07, 6.45) is 2.61. The molecule has 0 aliphatic heterocycles. The molecule has 5 nitrogen and oxygen atoms in total. The van der Waals surface area contributed by atoms with Gasteiger partial charge in [-0.2, -0.15) is 0 Å². The fourth-order valence-electron chi connectivity index (χ4n) is 1.83. The standard InChI is InChI=1S/C11H20N2O3/c1-2-12-7-4-8-13-9(14)11(10(15)16)5-3-6-11/h12H,2-8H2,1H3,(H,13,14)(H,15,16). The van der Waals surface area contributed by atoms with Gasteiger partial charge in [0.15, 0.2) is 0 Å². The Bertz CT molecular complexity index is 262. The number of carbonyl (C=O) groups excluding carboxylic acids is 1. The van der Waals surface area contributed by atoms with Crippen LogP contribution < -0.4 is 10.6 Å².